The summed E-state index contributed by atoms with van der Waals surface area (Å²) in [6, 6.07) is 16.1. The van der Waals surface area contributed by atoms with Crippen LogP contribution in [0.2, 0.25) is 0 Å². The van der Waals surface area contributed by atoms with Crippen molar-refractivity contribution < 1.29 is 9.90 Å². The molecular weight excluding hydrogens is 470 g/mol. The maximum Gasteiger partial charge on any atom is 0.335 e. The number of rotatable bonds is 5. The van der Waals surface area contributed by atoms with Gasteiger partial charge >= 0.3 is 5.97 Å². The number of aromatic carboxylic acids is 1. The number of likely N-dealkylation sites (tertiary alicyclic amines) is 1. The van der Waals surface area contributed by atoms with Crippen LogP contribution < -0.4 is 4.90 Å². The molecule has 0 unspecified atom stereocenters. The molecule has 2 fully saturated rings. The highest BCUT2D eigenvalue weighted by molar-refractivity contribution is 5.99. The van der Waals surface area contributed by atoms with Crippen LogP contribution in [-0.2, 0) is 6.54 Å². The molecule has 204 valence electrons. The molecule has 38 heavy (non-hydrogen) atoms. The smallest absolute Gasteiger partial charge is 0.335 e. The standard InChI is InChI=1S/C32H41N3O2.CH4/c1-22-9-8-10-23(2)34(22)19-17-33-18-20-35-29-21-25(32(36)37)15-16-26(29)30(24-11-4-3-5-12-24)31(35)27-13-6-7-14-28(27)33;/h6-7,13-16,21-24H,3-5,8-12,17-20H2,1-2H3,(H,36,37);1H4/t22-,23+;. The molecule has 1 aromatic heterocycles. The second-order valence-corrected chi connectivity index (χ2v) is 11.7. The highest BCUT2D eigenvalue weighted by Crippen LogP contribution is 2.47. The topological polar surface area (TPSA) is 48.7 Å². The molecule has 6 rings (SSSR count). The SMILES string of the molecule is C.C[C@@H]1CCC[C@H](C)N1CCN1CCn2c(c(C3CCCCC3)c3ccc(C(=O)O)cc32)-c2ccccc21. The fourth-order valence-electron chi connectivity index (χ4n) is 7.51. The Labute approximate surface area is 228 Å². The normalized spacial score (nSPS) is 22.4. The van der Waals surface area contributed by atoms with Crippen molar-refractivity contribution in [2.24, 2.45) is 0 Å². The van der Waals surface area contributed by atoms with Gasteiger partial charge in [-0.15, -0.1) is 0 Å². The summed E-state index contributed by atoms with van der Waals surface area (Å²) in [5.41, 5.74) is 6.91. The van der Waals surface area contributed by atoms with Gasteiger partial charge in [0.05, 0.1) is 11.3 Å². The molecule has 3 heterocycles. The minimum atomic E-state index is -0.850. The summed E-state index contributed by atoms with van der Waals surface area (Å²) in [6.45, 7) is 8.70. The van der Waals surface area contributed by atoms with Gasteiger partial charge in [0.2, 0.25) is 0 Å². The Morgan fingerprint density at radius 1 is 0.895 bits per heavy atom. The quantitative estimate of drug-likeness (QED) is 0.377. The average molecular weight is 516 g/mol. The highest BCUT2D eigenvalue weighted by atomic mass is 16.4. The summed E-state index contributed by atoms with van der Waals surface area (Å²) < 4.78 is 2.46. The number of carbonyl (C=O) groups is 1. The number of aromatic nitrogens is 1. The summed E-state index contributed by atoms with van der Waals surface area (Å²) in [5.74, 6) is -0.310. The fourth-order valence-corrected chi connectivity index (χ4v) is 7.51. The van der Waals surface area contributed by atoms with E-state index in [1.54, 1.807) is 6.07 Å². The van der Waals surface area contributed by atoms with Gasteiger partial charge in [0, 0.05) is 60.4 Å². The van der Waals surface area contributed by atoms with E-state index in [4.69, 9.17) is 0 Å². The number of piperidine rings is 1. The van der Waals surface area contributed by atoms with Crippen LogP contribution in [0.15, 0.2) is 42.5 Å². The van der Waals surface area contributed by atoms with Gasteiger partial charge in [0.1, 0.15) is 0 Å². The molecule has 0 bridgehead atoms. The van der Waals surface area contributed by atoms with Gasteiger partial charge in [0.15, 0.2) is 0 Å². The van der Waals surface area contributed by atoms with Gasteiger partial charge in [-0.1, -0.05) is 57.4 Å². The molecule has 2 aromatic carbocycles. The summed E-state index contributed by atoms with van der Waals surface area (Å²) in [4.78, 5) is 17.2. The number of nitrogens with zero attached hydrogens (tertiary/aromatic N) is 3. The van der Waals surface area contributed by atoms with Crippen LogP contribution in [0, 0.1) is 0 Å². The van der Waals surface area contributed by atoms with Crippen LogP contribution in [-0.4, -0.2) is 52.3 Å². The van der Waals surface area contributed by atoms with Gasteiger partial charge in [-0.25, -0.2) is 4.79 Å². The van der Waals surface area contributed by atoms with Gasteiger partial charge in [-0.2, -0.15) is 0 Å². The molecule has 3 aromatic rings. The van der Waals surface area contributed by atoms with Crippen molar-refractivity contribution in [2.45, 2.75) is 97.2 Å². The largest absolute Gasteiger partial charge is 0.478 e. The van der Waals surface area contributed by atoms with E-state index in [-0.39, 0.29) is 7.43 Å². The van der Waals surface area contributed by atoms with Crippen molar-refractivity contribution in [1.82, 2.24) is 9.47 Å². The van der Waals surface area contributed by atoms with Crippen LogP contribution in [0.3, 0.4) is 0 Å². The number of carboxylic acids is 1. The molecular formula is C33H45N3O2. The van der Waals surface area contributed by atoms with Crippen LogP contribution in [0.25, 0.3) is 22.2 Å². The van der Waals surface area contributed by atoms with Crippen molar-refractivity contribution in [3.63, 3.8) is 0 Å². The predicted molar refractivity (Wildman–Crippen MR) is 159 cm³/mol. The molecule has 2 aliphatic heterocycles. The molecule has 5 nitrogen and oxygen atoms in total. The Balaban J connectivity index is 0.00000294. The monoisotopic (exact) mass is 515 g/mol. The Morgan fingerprint density at radius 3 is 2.37 bits per heavy atom. The Hall–Kier alpha value is -2.79. The third-order valence-electron chi connectivity index (χ3n) is 9.46. The van der Waals surface area contributed by atoms with Gasteiger partial charge in [-0.3, -0.25) is 4.90 Å². The van der Waals surface area contributed by atoms with Crippen LogP contribution in [0.5, 0.6) is 0 Å². The van der Waals surface area contributed by atoms with Crippen molar-refractivity contribution in [3.05, 3.63) is 53.6 Å². The van der Waals surface area contributed by atoms with Crippen molar-refractivity contribution >= 4 is 22.6 Å². The summed E-state index contributed by atoms with van der Waals surface area (Å²) in [7, 11) is 0. The number of para-hydroxylation sites is 1. The first kappa shape index (κ1) is 26.8. The average Bonchev–Trinajstić information content (AvgIpc) is 3.14. The van der Waals surface area contributed by atoms with Crippen molar-refractivity contribution in [3.8, 4) is 11.3 Å². The predicted octanol–water partition coefficient (Wildman–Crippen LogP) is 7.77. The van der Waals surface area contributed by atoms with Crippen molar-refractivity contribution in [1.29, 1.82) is 0 Å². The lowest BCUT2D eigenvalue weighted by Gasteiger charge is -2.40. The van der Waals surface area contributed by atoms with Crippen LogP contribution in [0.4, 0.5) is 5.69 Å². The number of hydrogen-bond acceptors (Lipinski definition) is 3. The molecule has 0 radical (unpaired) electrons. The molecule has 3 aliphatic rings. The number of carboxylic acid groups (broad SMARTS) is 1. The fraction of sp³-hybridized carbons (Fsp3) is 0.545. The summed E-state index contributed by atoms with van der Waals surface area (Å²) in [5, 5.41) is 11.0. The van der Waals surface area contributed by atoms with E-state index >= 15 is 0 Å². The number of anilines is 1. The zero-order valence-electron chi connectivity index (χ0n) is 22.5. The van der Waals surface area contributed by atoms with E-state index in [0.29, 0.717) is 23.6 Å². The lowest BCUT2D eigenvalue weighted by atomic mass is 9.81. The molecule has 1 N–H and O–H groups in total. The Bertz CT molecular complexity index is 1280. The molecule has 1 saturated heterocycles. The van der Waals surface area contributed by atoms with E-state index in [1.165, 1.54) is 79.3 Å². The summed E-state index contributed by atoms with van der Waals surface area (Å²) >= 11 is 0. The first-order valence-corrected chi connectivity index (χ1v) is 14.5. The maximum atomic E-state index is 11.9. The van der Waals surface area contributed by atoms with E-state index < -0.39 is 5.97 Å². The minimum Gasteiger partial charge on any atom is -0.478 e. The first-order valence-electron chi connectivity index (χ1n) is 14.5. The minimum absolute atomic E-state index is 0. The highest BCUT2D eigenvalue weighted by Gasteiger charge is 2.31. The second kappa shape index (κ2) is 11.1. The first-order chi connectivity index (χ1) is 18.0. The van der Waals surface area contributed by atoms with Gasteiger partial charge < -0.3 is 14.6 Å². The molecule has 1 aliphatic carbocycles. The number of hydrogen-bond donors (Lipinski definition) is 1. The van der Waals surface area contributed by atoms with E-state index in [0.717, 1.165) is 31.7 Å². The molecule has 0 amide bonds. The Morgan fingerprint density at radius 2 is 1.63 bits per heavy atom. The van der Waals surface area contributed by atoms with Gasteiger partial charge in [0.25, 0.3) is 0 Å². The van der Waals surface area contributed by atoms with E-state index in [9.17, 15) is 9.90 Å². The third kappa shape index (κ3) is 4.75. The van der Waals surface area contributed by atoms with Gasteiger partial charge in [-0.05, 0) is 69.2 Å². The Kier molecular flexibility index (Phi) is 7.85. The molecule has 2 atom stereocenters. The lowest BCUT2D eigenvalue weighted by molar-refractivity contribution is 0.0697. The summed E-state index contributed by atoms with van der Waals surface area (Å²) in [6.07, 6.45) is 10.3. The van der Waals surface area contributed by atoms with E-state index in [1.807, 2.05) is 6.07 Å². The van der Waals surface area contributed by atoms with Crippen LogP contribution >= 0.6 is 0 Å². The molecule has 1 saturated carbocycles. The third-order valence-corrected chi connectivity index (χ3v) is 9.46. The number of fused-ring (bicyclic) bond motifs is 5. The van der Waals surface area contributed by atoms with Crippen molar-refractivity contribution in [2.75, 3.05) is 24.5 Å². The van der Waals surface area contributed by atoms with Crippen LogP contribution in [0.1, 0.15) is 94.5 Å². The maximum absolute atomic E-state index is 11.9. The zero-order chi connectivity index (χ0) is 25.5. The lowest BCUT2D eigenvalue weighted by Crippen LogP contribution is -2.47. The molecule has 5 heteroatoms. The number of benzene rings is 2. The second-order valence-electron chi connectivity index (χ2n) is 11.7. The van der Waals surface area contributed by atoms with E-state index in [2.05, 4.69) is 58.5 Å². The zero-order valence-corrected chi connectivity index (χ0v) is 22.5. The molecule has 0 spiro atoms.